The molecule has 0 saturated carbocycles. The van der Waals surface area contributed by atoms with Gasteiger partial charge in [0.05, 0.1) is 23.4 Å². The standard InChI is InChI=1S/C19H19F3N4O2S/c1-2-29(27,28)24-12-17-25-16-9-4-3-8-15(16)18(26-17)23-11-13-6-5-7-14(10-13)19(20,21)22/h3-10,24H,2,11-12H2,1H3,(H,23,25,26). The van der Waals surface area contributed by atoms with Crippen molar-refractivity contribution in [2.45, 2.75) is 26.2 Å². The predicted octanol–water partition coefficient (Wildman–Crippen LogP) is 3.70. The van der Waals surface area contributed by atoms with Crippen molar-refractivity contribution in [3.8, 4) is 0 Å². The molecule has 29 heavy (non-hydrogen) atoms. The molecular formula is C19H19F3N4O2S. The van der Waals surface area contributed by atoms with Gasteiger partial charge in [-0.05, 0) is 36.8 Å². The van der Waals surface area contributed by atoms with Crippen LogP contribution in [0.4, 0.5) is 19.0 Å². The molecule has 154 valence electrons. The van der Waals surface area contributed by atoms with Crippen molar-refractivity contribution in [2.24, 2.45) is 0 Å². The number of aromatic nitrogens is 2. The summed E-state index contributed by atoms with van der Waals surface area (Å²) in [6, 6.07) is 12.1. The largest absolute Gasteiger partial charge is 0.416 e. The fourth-order valence-electron chi connectivity index (χ4n) is 2.66. The zero-order valence-electron chi connectivity index (χ0n) is 15.5. The first-order valence-corrected chi connectivity index (χ1v) is 10.5. The van der Waals surface area contributed by atoms with Crippen molar-refractivity contribution in [3.63, 3.8) is 0 Å². The van der Waals surface area contributed by atoms with Crippen molar-refractivity contribution in [2.75, 3.05) is 11.1 Å². The van der Waals surface area contributed by atoms with E-state index in [9.17, 15) is 21.6 Å². The maximum Gasteiger partial charge on any atom is 0.416 e. The molecule has 0 atom stereocenters. The van der Waals surface area contributed by atoms with Crippen LogP contribution in [0.3, 0.4) is 0 Å². The Morgan fingerprint density at radius 2 is 1.76 bits per heavy atom. The van der Waals surface area contributed by atoms with Gasteiger partial charge in [-0.3, -0.25) is 0 Å². The summed E-state index contributed by atoms with van der Waals surface area (Å²) in [5.41, 5.74) is 0.314. The second-order valence-electron chi connectivity index (χ2n) is 6.28. The quantitative estimate of drug-likeness (QED) is 0.604. The van der Waals surface area contributed by atoms with E-state index in [4.69, 9.17) is 0 Å². The normalized spacial score (nSPS) is 12.3. The third-order valence-corrected chi connectivity index (χ3v) is 5.54. The van der Waals surface area contributed by atoms with E-state index in [1.54, 1.807) is 30.3 Å². The van der Waals surface area contributed by atoms with Gasteiger partial charge in [0.1, 0.15) is 11.6 Å². The number of nitrogens with one attached hydrogen (secondary N) is 2. The molecule has 0 aliphatic heterocycles. The Hall–Kier alpha value is -2.72. The summed E-state index contributed by atoms with van der Waals surface area (Å²) >= 11 is 0. The molecule has 0 spiro atoms. The molecule has 0 aliphatic rings. The highest BCUT2D eigenvalue weighted by Crippen LogP contribution is 2.30. The molecule has 2 N–H and O–H groups in total. The molecule has 0 bridgehead atoms. The summed E-state index contributed by atoms with van der Waals surface area (Å²) < 4.78 is 64.5. The fraction of sp³-hybridized carbons (Fsp3) is 0.263. The lowest BCUT2D eigenvalue weighted by molar-refractivity contribution is -0.137. The maximum absolute atomic E-state index is 12.9. The van der Waals surface area contributed by atoms with Crippen LogP contribution in [-0.4, -0.2) is 24.1 Å². The highest BCUT2D eigenvalue weighted by Gasteiger charge is 2.30. The molecule has 6 nitrogen and oxygen atoms in total. The minimum absolute atomic E-state index is 0.0682. The Labute approximate surface area is 166 Å². The molecule has 1 heterocycles. The summed E-state index contributed by atoms with van der Waals surface area (Å²) in [6.07, 6.45) is -4.42. The van der Waals surface area contributed by atoms with Crippen molar-refractivity contribution >= 4 is 26.7 Å². The number of benzene rings is 2. The van der Waals surface area contributed by atoms with Gasteiger partial charge in [0, 0.05) is 11.9 Å². The third kappa shape index (κ3) is 5.42. The summed E-state index contributed by atoms with van der Waals surface area (Å²) in [7, 11) is -3.41. The van der Waals surface area contributed by atoms with E-state index in [1.807, 2.05) is 0 Å². The number of anilines is 1. The molecular weight excluding hydrogens is 405 g/mol. The second-order valence-corrected chi connectivity index (χ2v) is 8.38. The van der Waals surface area contributed by atoms with Crippen LogP contribution < -0.4 is 10.0 Å². The SMILES string of the molecule is CCS(=O)(=O)NCc1nc(NCc2cccc(C(F)(F)F)c2)c2ccccc2n1. The van der Waals surface area contributed by atoms with E-state index in [0.29, 0.717) is 22.3 Å². The number of rotatable bonds is 7. The smallest absolute Gasteiger partial charge is 0.365 e. The summed E-state index contributed by atoms with van der Waals surface area (Å²) in [5.74, 6) is 0.604. The van der Waals surface area contributed by atoms with Gasteiger partial charge in [-0.1, -0.05) is 24.3 Å². The monoisotopic (exact) mass is 424 g/mol. The molecule has 0 saturated heterocycles. The number of hydrogen-bond acceptors (Lipinski definition) is 5. The van der Waals surface area contributed by atoms with Crippen LogP contribution in [0.5, 0.6) is 0 Å². The van der Waals surface area contributed by atoms with E-state index >= 15 is 0 Å². The summed E-state index contributed by atoms with van der Waals surface area (Å²) in [4.78, 5) is 8.70. The van der Waals surface area contributed by atoms with E-state index in [-0.39, 0.29) is 24.7 Å². The van der Waals surface area contributed by atoms with Crippen LogP contribution in [0.1, 0.15) is 23.9 Å². The Kier molecular flexibility index (Phi) is 6.04. The number of nitrogens with zero attached hydrogens (tertiary/aromatic N) is 2. The average molecular weight is 424 g/mol. The molecule has 0 aliphatic carbocycles. The van der Waals surface area contributed by atoms with Gasteiger partial charge >= 0.3 is 6.18 Å². The van der Waals surface area contributed by atoms with Crippen molar-refractivity contribution in [3.05, 3.63) is 65.5 Å². The maximum atomic E-state index is 12.9. The molecule has 1 aromatic heterocycles. The Bertz CT molecular complexity index is 1120. The molecule has 0 amide bonds. The Morgan fingerprint density at radius 1 is 1.00 bits per heavy atom. The molecule has 0 unspecified atom stereocenters. The molecule has 0 fully saturated rings. The Morgan fingerprint density at radius 3 is 2.48 bits per heavy atom. The van der Waals surface area contributed by atoms with Gasteiger partial charge in [0.2, 0.25) is 10.0 Å². The van der Waals surface area contributed by atoms with Crippen molar-refractivity contribution in [1.29, 1.82) is 0 Å². The van der Waals surface area contributed by atoms with Crippen LogP contribution in [0.25, 0.3) is 10.9 Å². The topological polar surface area (TPSA) is 84.0 Å². The first-order valence-electron chi connectivity index (χ1n) is 8.81. The van der Waals surface area contributed by atoms with Gasteiger partial charge < -0.3 is 5.32 Å². The zero-order valence-corrected chi connectivity index (χ0v) is 16.3. The molecule has 2 aromatic carbocycles. The lowest BCUT2D eigenvalue weighted by Crippen LogP contribution is -2.25. The number of halogens is 3. The van der Waals surface area contributed by atoms with Crippen LogP contribution in [0.2, 0.25) is 0 Å². The number of sulfonamides is 1. The van der Waals surface area contributed by atoms with Crippen LogP contribution >= 0.6 is 0 Å². The second kappa shape index (κ2) is 8.34. The highest BCUT2D eigenvalue weighted by molar-refractivity contribution is 7.89. The van der Waals surface area contributed by atoms with Crippen LogP contribution in [0.15, 0.2) is 48.5 Å². The summed E-state index contributed by atoms with van der Waals surface area (Å²) in [5, 5.41) is 3.72. The number of fused-ring (bicyclic) bond motifs is 1. The van der Waals surface area contributed by atoms with Gasteiger partial charge in [-0.25, -0.2) is 23.1 Å². The van der Waals surface area contributed by atoms with Crippen molar-refractivity contribution < 1.29 is 21.6 Å². The van der Waals surface area contributed by atoms with E-state index in [0.717, 1.165) is 12.1 Å². The van der Waals surface area contributed by atoms with Gasteiger partial charge in [0.25, 0.3) is 0 Å². The zero-order chi connectivity index (χ0) is 21.1. The number of hydrogen-bond donors (Lipinski definition) is 2. The molecule has 3 aromatic rings. The molecule has 3 rings (SSSR count). The third-order valence-electron chi connectivity index (χ3n) is 4.19. The van der Waals surface area contributed by atoms with Gasteiger partial charge in [-0.2, -0.15) is 13.2 Å². The van der Waals surface area contributed by atoms with E-state index in [2.05, 4.69) is 20.0 Å². The lowest BCUT2D eigenvalue weighted by Gasteiger charge is -2.13. The first kappa shape index (κ1) is 21.0. The highest BCUT2D eigenvalue weighted by atomic mass is 32.2. The molecule has 0 radical (unpaired) electrons. The predicted molar refractivity (Wildman–Crippen MR) is 105 cm³/mol. The summed E-state index contributed by atoms with van der Waals surface area (Å²) in [6.45, 7) is 1.55. The van der Waals surface area contributed by atoms with Gasteiger partial charge in [-0.15, -0.1) is 0 Å². The number of para-hydroxylation sites is 1. The number of alkyl halides is 3. The first-order chi connectivity index (χ1) is 13.7. The van der Waals surface area contributed by atoms with Crippen LogP contribution in [0, 0.1) is 0 Å². The fourth-order valence-corrected chi connectivity index (χ4v) is 3.21. The van der Waals surface area contributed by atoms with E-state index in [1.165, 1.54) is 13.0 Å². The van der Waals surface area contributed by atoms with Gasteiger partial charge in [0.15, 0.2) is 0 Å². The minimum atomic E-state index is -4.42. The van der Waals surface area contributed by atoms with Crippen LogP contribution in [-0.2, 0) is 29.3 Å². The van der Waals surface area contributed by atoms with E-state index < -0.39 is 21.8 Å². The molecule has 10 heteroatoms. The van der Waals surface area contributed by atoms with Crippen molar-refractivity contribution in [1.82, 2.24) is 14.7 Å². The lowest BCUT2D eigenvalue weighted by atomic mass is 10.1. The minimum Gasteiger partial charge on any atom is -0.365 e. The average Bonchev–Trinajstić information content (AvgIpc) is 2.70. The Balaban J connectivity index is 1.86.